The zero-order valence-corrected chi connectivity index (χ0v) is 15.6. The lowest BCUT2D eigenvalue weighted by Gasteiger charge is -2.23. The number of aryl methyl sites for hydroxylation is 1. The largest absolute Gasteiger partial charge is 0.497 e. The summed E-state index contributed by atoms with van der Waals surface area (Å²) in [5.41, 5.74) is 2.22. The number of methoxy groups -OCH3 is 1. The van der Waals surface area contributed by atoms with E-state index in [0.29, 0.717) is 0 Å². The summed E-state index contributed by atoms with van der Waals surface area (Å²) in [4.78, 5) is 14.4. The molecule has 1 unspecified atom stereocenters. The number of carbonyl (C=O) groups is 1. The topological polar surface area (TPSA) is 50.4 Å². The Balaban J connectivity index is 0.00000208. The van der Waals surface area contributed by atoms with Gasteiger partial charge < -0.3 is 15.4 Å². The molecule has 0 bridgehead atoms. The van der Waals surface area contributed by atoms with Crippen LogP contribution in [0.15, 0.2) is 30.3 Å². The molecule has 1 saturated heterocycles. The maximum Gasteiger partial charge on any atom is 0.261 e. The molecule has 6 heteroatoms. The van der Waals surface area contributed by atoms with Gasteiger partial charge in [0.2, 0.25) is 0 Å². The third-order valence-corrected chi connectivity index (χ3v) is 5.22. The molecular weight excluding hydrogens is 344 g/mol. The van der Waals surface area contributed by atoms with Gasteiger partial charge in [-0.15, -0.1) is 23.7 Å². The van der Waals surface area contributed by atoms with Gasteiger partial charge in [0.15, 0.2) is 0 Å². The van der Waals surface area contributed by atoms with E-state index >= 15 is 0 Å². The maximum atomic E-state index is 12.5. The Morgan fingerprint density at radius 3 is 2.71 bits per heavy atom. The van der Waals surface area contributed by atoms with Crippen LogP contribution in [0, 0.1) is 6.92 Å². The normalized spacial score (nSPS) is 17.0. The predicted octanol–water partition coefficient (Wildman–Crippen LogP) is 3.64. The van der Waals surface area contributed by atoms with Crippen molar-refractivity contribution in [3.05, 3.63) is 40.1 Å². The van der Waals surface area contributed by atoms with E-state index in [1.807, 2.05) is 30.3 Å². The lowest BCUT2D eigenvalue weighted by Crippen LogP contribution is -2.45. The minimum atomic E-state index is 0. The number of ether oxygens (including phenoxy) is 1. The Morgan fingerprint density at radius 1 is 1.33 bits per heavy atom. The molecule has 2 aromatic rings. The van der Waals surface area contributed by atoms with Crippen molar-refractivity contribution in [2.75, 3.05) is 20.2 Å². The second-order valence-corrected chi connectivity index (χ2v) is 7.08. The number of amides is 1. The smallest absolute Gasteiger partial charge is 0.261 e. The quantitative estimate of drug-likeness (QED) is 0.868. The van der Waals surface area contributed by atoms with Crippen molar-refractivity contribution in [3.63, 3.8) is 0 Å². The molecule has 0 radical (unpaired) electrons. The number of carbonyl (C=O) groups excluding carboxylic acids is 1. The molecule has 1 aromatic heterocycles. The molecule has 2 heterocycles. The molecule has 2 N–H and O–H groups in total. The van der Waals surface area contributed by atoms with E-state index < -0.39 is 0 Å². The summed E-state index contributed by atoms with van der Waals surface area (Å²) in [6.07, 6.45) is 2.17. The first kappa shape index (κ1) is 18.8. The molecular formula is C18H23ClN2O2S. The van der Waals surface area contributed by atoms with Crippen molar-refractivity contribution < 1.29 is 9.53 Å². The van der Waals surface area contributed by atoms with Crippen molar-refractivity contribution in [2.24, 2.45) is 0 Å². The highest BCUT2D eigenvalue weighted by atomic mass is 35.5. The van der Waals surface area contributed by atoms with Crippen LogP contribution < -0.4 is 15.4 Å². The lowest BCUT2D eigenvalue weighted by atomic mass is 10.1. The maximum absolute atomic E-state index is 12.5. The first-order chi connectivity index (χ1) is 11.2. The van der Waals surface area contributed by atoms with Crippen LogP contribution in [-0.4, -0.2) is 32.1 Å². The van der Waals surface area contributed by atoms with Gasteiger partial charge in [-0.2, -0.15) is 0 Å². The fourth-order valence-electron chi connectivity index (χ4n) is 2.88. The molecule has 1 amide bonds. The first-order valence-corrected chi connectivity index (χ1v) is 8.75. The second kappa shape index (κ2) is 8.51. The fourth-order valence-corrected chi connectivity index (χ4v) is 3.83. The summed E-state index contributed by atoms with van der Waals surface area (Å²) in [5.74, 6) is 0.871. The molecule has 1 atom stereocenters. The average molecular weight is 367 g/mol. The minimum absolute atomic E-state index is 0. The minimum Gasteiger partial charge on any atom is -0.497 e. The first-order valence-electron chi connectivity index (χ1n) is 7.94. The average Bonchev–Trinajstić information content (AvgIpc) is 2.98. The van der Waals surface area contributed by atoms with Gasteiger partial charge in [-0.1, -0.05) is 12.1 Å². The number of hydrogen-bond donors (Lipinski definition) is 2. The Labute approximate surface area is 153 Å². The third kappa shape index (κ3) is 4.29. The van der Waals surface area contributed by atoms with Gasteiger partial charge in [-0.3, -0.25) is 4.79 Å². The molecule has 1 aromatic carbocycles. The molecule has 24 heavy (non-hydrogen) atoms. The highest BCUT2D eigenvalue weighted by Gasteiger charge is 2.19. The van der Waals surface area contributed by atoms with Crippen LogP contribution in [0.2, 0.25) is 0 Å². The molecule has 0 spiro atoms. The number of piperidine rings is 1. The van der Waals surface area contributed by atoms with Crippen molar-refractivity contribution in [1.29, 1.82) is 0 Å². The van der Waals surface area contributed by atoms with Crippen molar-refractivity contribution in [2.45, 2.75) is 25.8 Å². The Morgan fingerprint density at radius 2 is 2.08 bits per heavy atom. The highest BCUT2D eigenvalue weighted by Crippen LogP contribution is 2.32. The Hall–Kier alpha value is -1.56. The van der Waals surface area contributed by atoms with Gasteiger partial charge in [-0.05, 0) is 55.6 Å². The van der Waals surface area contributed by atoms with E-state index in [1.165, 1.54) is 0 Å². The molecule has 4 nitrogen and oxygen atoms in total. The van der Waals surface area contributed by atoms with Gasteiger partial charge in [0, 0.05) is 17.5 Å². The second-order valence-electron chi connectivity index (χ2n) is 5.83. The van der Waals surface area contributed by atoms with Gasteiger partial charge in [0.1, 0.15) is 5.75 Å². The van der Waals surface area contributed by atoms with Gasteiger partial charge in [-0.25, -0.2) is 0 Å². The molecule has 0 aliphatic carbocycles. The number of rotatable bonds is 4. The molecule has 130 valence electrons. The van der Waals surface area contributed by atoms with E-state index in [2.05, 4.69) is 17.6 Å². The zero-order chi connectivity index (χ0) is 16.2. The van der Waals surface area contributed by atoms with E-state index in [-0.39, 0.29) is 24.4 Å². The number of hydrogen-bond acceptors (Lipinski definition) is 4. The third-order valence-electron chi connectivity index (χ3n) is 4.17. The van der Waals surface area contributed by atoms with Crippen LogP contribution in [0.4, 0.5) is 0 Å². The van der Waals surface area contributed by atoms with E-state index in [1.54, 1.807) is 18.4 Å². The predicted molar refractivity (Wildman–Crippen MR) is 102 cm³/mol. The van der Waals surface area contributed by atoms with Crippen LogP contribution in [0.1, 0.15) is 27.4 Å². The molecule has 1 aliphatic heterocycles. The van der Waals surface area contributed by atoms with Crippen LogP contribution >= 0.6 is 23.7 Å². The molecule has 1 fully saturated rings. The van der Waals surface area contributed by atoms with Crippen LogP contribution in [0.3, 0.4) is 0 Å². The highest BCUT2D eigenvalue weighted by molar-refractivity contribution is 7.14. The summed E-state index contributed by atoms with van der Waals surface area (Å²) < 4.78 is 5.20. The Bertz CT molecular complexity index is 679. The van der Waals surface area contributed by atoms with Crippen molar-refractivity contribution >= 4 is 29.7 Å². The zero-order valence-electron chi connectivity index (χ0n) is 13.9. The summed E-state index contributed by atoms with van der Waals surface area (Å²) in [7, 11) is 1.66. The summed E-state index contributed by atoms with van der Waals surface area (Å²) in [6, 6.07) is 10.2. The number of halogens is 1. The van der Waals surface area contributed by atoms with E-state index in [4.69, 9.17) is 4.74 Å². The molecule has 3 rings (SSSR count). The van der Waals surface area contributed by atoms with Crippen LogP contribution in [-0.2, 0) is 0 Å². The SMILES string of the molecule is COc1ccc(-c2cc(C(=O)NC3CCCNC3)sc2C)cc1.Cl. The van der Waals surface area contributed by atoms with Gasteiger partial charge in [0.05, 0.1) is 12.0 Å². The number of thiophene rings is 1. The number of benzene rings is 1. The molecule has 0 saturated carbocycles. The Kier molecular flexibility index (Phi) is 6.66. The lowest BCUT2D eigenvalue weighted by molar-refractivity contribution is 0.0935. The summed E-state index contributed by atoms with van der Waals surface area (Å²) in [6.45, 7) is 3.97. The van der Waals surface area contributed by atoms with Crippen molar-refractivity contribution in [1.82, 2.24) is 10.6 Å². The van der Waals surface area contributed by atoms with Gasteiger partial charge in [0.25, 0.3) is 5.91 Å². The number of nitrogens with one attached hydrogen (secondary N) is 2. The molecule has 1 aliphatic rings. The monoisotopic (exact) mass is 366 g/mol. The van der Waals surface area contributed by atoms with E-state index in [0.717, 1.165) is 52.6 Å². The van der Waals surface area contributed by atoms with Crippen LogP contribution in [0.5, 0.6) is 5.75 Å². The standard InChI is InChI=1S/C18H22N2O2S.ClH/c1-12-16(13-5-7-15(22-2)8-6-13)10-17(23-12)18(21)20-14-4-3-9-19-11-14;/h5-8,10,14,19H,3-4,9,11H2,1-2H3,(H,20,21);1H. The van der Waals surface area contributed by atoms with Gasteiger partial charge >= 0.3 is 0 Å². The summed E-state index contributed by atoms with van der Waals surface area (Å²) in [5, 5.41) is 6.46. The fraction of sp³-hybridized carbons (Fsp3) is 0.389. The van der Waals surface area contributed by atoms with Crippen molar-refractivity contribution in [3.8, 4) is 16.9 Å². The van der Waals surface area contributed by atoms with Crippen LogP contribution in [0.25, 0.3) is 11.1 Å². The van der Waals surface area contributed by atoms with E-state index in [9.17, 15) is 4.79 Å². The summed E-state index contributed by atoms with van der Waals surface area (Å²) >= 11 is 1.55.